The molecule has 0 aliphatic carbocycles. The lowest BCUT2D eigenvalue weighted by Crippen LogP contribution is -2.23. The zero-order chi connectivity index (χ0) is 16.9. The molecule has 0 unspecified atom stereocenters. The van der Waals surface area contributed by atoms with E-state index in [0.717, 1.165) is 30.8 Å². The van der Waals surface area contributed by atoms with Gasteiger partial charge in [-0.3, -0.25) is 4.79 Å². The van der Waals surface area contributed by atoms with Gasteiger partial charge >= 0.3 is 0 Å². The first-order chi connectivity index (χ1) is 11.6. The lowest BCUT2D eigenvalue weighted by molar-refractivity contribution is -0.116. The monoisotopic (exact) mass is 327 g/mol. The van der Waals surface area contributed by atoms with Crippen molar-refractivity contribution in [3.05, 3.63) is 41.7 Å². The molecule has 0 bridgehead atoms. The Hall–Kier alpha value is -2.54. The van der Waals surface area contributed by atoms with E-state index < -0.39 is 0 Å². The molecule has 1 N–H and O–H groups in total. The molecule has 2 aromatic heterocycles. The van der Waals surface area contributed by atoms with Crippen molar-refractivity contribution in [2.45, 2.75) is 26.2 Å². The number of nitrogens with zero attached hydrogens (tertiary/aromatic N) is 4. The van der Waals surface area contributed by atoms with Crippen LogP contribution in [0.25, 0.3) is 5.57 Å². The first kappa shape index (κ1) is 16.3. The number of aryl methyl sites for hydroxylation is 2. The Morgan fingerprint density at radius 1 is 1.38 bits per heavy atom. The minimum absolute atomic E-state index is 0.119. The van der Waals surface area contributed by atoms with Crippen LogP contribution in [0.15, 0.2) is 28.8 Å². The Labute approximate surface area is 140 Å². The van der Waals surface area contributed by atoms with Gasteiger partial charge in [0.2, 0.25) is 11.8 Å². The molecule has 3 rings (SSSR count). The predicted octanol–water partition coefficient (Wildman–Crippen LogP) is 2.06. The molecule has 0 radical (unpaired) electrons. The summed E-state index contributed by atoms with van der Waals surface area (Å²) in [5, 5.41) is 6.79. The summed E-state index contributed by atoms with van der Waals surface area (Å²) in [4.78, 5) is 22.9. The van der Waals surface area contributed by atoms with Gasteiger partial charge in [0.1, 0.15) is 5.82 Å². The van der Waals surface area contributed by atoms with Gasteiger partial charge in [-0.05, 0) is 38.1 Å². The molecule has 2 aromatic rings. The Kier molecular flexibility index (Phi) is 5.00. The summed E-state index contributed by atoms with van der Waals surface area (Å²) >= 11 is 0. The molecule has 7 heteroatoms. The average Bonchev–Trinajstić information content (AvgIpc) is 3.03. The van der Waals surface area contributed by atoms with Gasteiger partial charge in [0, 0.05) is 31.6 Å². The SMILES string of the molecule is Cc1cccc(NC(=O)CCc2nc(C3=CCN(C)CC3)no2)n1. The highest BCUT2D eigenvalue weighted by Crippen LogP contribution is 2.19. The van der Waals surface area contributed by atoms with Crippen LogP contribution in [0.3, 0.4) is 0 Å². The van der Waals surface area contributed by atoms with Gasteiger partial charge in [-0.15, -0.1) is 0 Å². The van der Waals surface area contributed by atoms with Crippen molar-refractivity contribution in [1.82, 2.24) is 20.0 Å². The normalized spacial score (nSPS) is 15.2. The van der Waals surface area contributed by atoms with Gasteiger partial charge in [-0.25, -0.2) is 4.98 Å². The number of pyridine rings is 1. The number of nitrogens with one attached hydrogen (secondary N) is 1. The molecule has 1 aliphatic heterocycles. The van der Waals surface area contributed by atoms with E-state index in [1.807, 2.05) is 19.1 Å². The third-order valence-electron chi connectivity index (χ3n) is 3.89. The summed E-state index contributed by atoms with van der Waals surface area (Å²) in [6, 6.07) is 5.51. The zero-order valence-electron chi connectivity index (χ0n) is 14.0. The van der Waals surface area contributed by atoms with Crippen molar-refractivity contribution in [3.8, 4) is 0 Å². The van der Waals surface area contributed by atoms with Crippen LogP contribution in [0.1, 0.15) is 30.3 Å². The van der Waals surface area contributed by atoms with E-state index in [9.17, 15) is 4.79 Å². The van der Waals surface area contributed by atoms with E-state index >= 15 is 0 Å². The molecule has 0 fully saturated rings. The Morgan fingerprint density at radius 2 is 2.25 bits per heavy atom. The highest BCUT2D eigenvalue weighted by molar-refractivity contribution is 5.89. The van der Waals surface area contributed by atoms with Crippen LogP contribution in [-0.4, -0.2) is 46.1 Å². The molecule has 3 heterocycles. The minimum atomic E-state index is -0.119. The number of anilines is 1. The van der Waals surface area contributed by atoms with Gasteiger partial charge in [0.15, 0.2) is 5.82 Å². The molecule has 24 heavy (non-hydrogen) atoms. The maximum absolute atomic E-state index is 12.0. The fourth-order valence-electron chi connectivity index (χ4n) is 2.50. The van der Waals surface area contributed by atoms with Gasteiger partial charge in [-0.1, -0.05) is 17.3 Å². The summed E-state index contributed by atoms with van der Waals surface area (Å²) < 4.78 is 5.25. The molecule has 7 nitrogen and oxygen atoms in total. The van der Waals surface area contributed by atoms with E-state index in [-0.39, 0.29) is 12.3 Å². The number of hydrogen-bond acceptors (Lipinski definition) is 6. The highest BCUT2D eigenvalue weighted by atomic mass is 16.5. The van der Waals surface area contributed by atoms with Crippen LogP contribution in [0.2, 0.25) is 0 Å². The largest absolute Gasteiger partial charge is 0.339 e. The number of hydrogen-bond donors (Lipinski definition) is 1. The van der Waals surface area contributed by atoms with E-state index in [1.54, 1.807) is 6.07 Å². The summed E-state index contributed by atoms with van der Waals surface area (Å²) in [6.45, 7) is 3.76. The van der Waals surface area contributed by atoms with Gasteiger partial charge < -0.3 is 14.7 Å². The Bertz CT molecular complexity index is 753. The fraction of sp³-hybridized carbons (Fsp3) is 0.412. The van der Waals surface area contributed by atoms with Crippen molar-refractivity contribution < 1.29 is 9.32 Å². The van der Waals surface area contributed by atoms with Crippen LogP contribution in [0.4, 0.5) is 5.82 Å². The summed E-state index contributed by atoms with van der Waals surface area (Å²) in [6.07, 6.45) is 3.72. The summed E-state index contributed by atoms with van der Waals surface area (Å²) in [7, 11) is 2.08. The lowest BCUT2D eigenvalue weighted by Gasteiger charge is -2.19. The maximum Gasteiger partial charge on any atom is 0.227 e. The third-order valence-corrected chi connectivity index (χ3v) is 3.89. The van der Waals surface area contributed by atoms with Crippen molar-refractivity contribution in [3.63, 3.8) is 0 Å². The standard InChI is InChI=1S/C17H21N5O2/c1-12-4-3-5-14(18-12)19-15(23)6-7-16-20-17(21-24-16)13-8-10-22(2)11-9-13/h3-5,8H,6-7,9-11H2,1-2H3,(H,18,19,23). The molecule has 0 aromatic carbocycles. The zero-order valence-corrected chi connectivity index (χ0v) is 14.0. The summed E-state index contributed by atoms with van der Waals surface area (Å²) in [5.41, 5.74) is 1.97. The van der Waals surface area contributed by atoms with Crippen LogP contribution >= 0.6 is 0 Å². The van der Waals surface area contributed by atoms with Crippen molar-refractivity contribution in [1.29, 1.82) is 0 Å². The fourth-order valence-corrected chi connectivity index (χ4v) is 2.50. The number of rotatable bonds is 5. The van der Waals surface area contributed by atoms with Crippen LogP contribution in [-0.2, 0) is 11.2 Å². The third kappa shape index (κ3) is 4.26. The van der Waals surface area contributed by atoms with E-state index in [1.165, 1.54) is 0 Å². The van der Waals surface area contributed by atoms with E-state index in [4.69, 9.17) is 4.52 Å². The highest BCUT2D eigenvalue weighted by Gasteiger charge is 2.16. The van der Waals surface area contributed by atoms with Crippen LogP contribution in [0.5, 0.6) is 0 Å². The number of carbonyl (C=O) groups excluding carboxylic acids is 1. The molecule has 1 amide bonds. The van der Waals surface area contributed by atoms with Crippen LogP contribution < -0.4 is 5.32 Å². The molecule has 0 atom stereocenters. The Morgan fingerprint density at radius 3 is 3.00 bits per heavy atom. The number of aromatic nitrogens is 3. The van der Waals surface area contributed by atoms with Gasteiger partial charge in [-0.2, -0.15) is 4.98 Å². The number of amides is 1. The Balaban J connectivity index is 1.53. The van der Waals surface area contributed by atoms with Gasteiger partial charge in [0.25, 0.3) is 0 Å². The maximum atomic E-state index is 12.0. The second-order valence-electron chi connectivity index (χ2n) is 5.97. The first-order valence-electron chi connectivity index (χ1n) is 8.04. The smallest absolute Gasteiger partial charge is 0.227 e. The molecule has 126 valence electrons. The lowest BCUT2D eigenvalue weighted by atomic mass is 10.1. The predicted molar refractivity (Wildman–Crippen MR) is 90.3 cm³/mol. The van der Waals surface area contributed by atoms with Crippen molar-refractivity contribution >= 4 is 17.3 Å². The second-order valence-corrected chi connectivity index (χ2v) is 5.97. The van der Waals surface area contributed by atoms with Crippen molar-refractivity contribution in [2.24, 2.45) is 0 Å². The minimum Gasteiger partial charge on any atom is -0.339 e. The van der Waals surface area contributed by atoms with Crippen LogP contribution in [0, 0.1) is 6.92 Å². The van der Waals surface area contributed by atoms with E-state index in [0.29, 0.717) is 24.0 Å². The van der Waals surface area contributed by atoms with E-state index in [2.05, 4.69) is 38.5 Å². The molecule has 0 saturated carbocycles. The quantitative estimate of drug-likeness (QED) is 0.905. The number of carbonyl (C=O) groups is 1. The first-order valence-corrected chi connectivity index (χ1v) is 8.04. The van der Waals surface area contributed by atoms with Crippen molar-refractivity contribution in [2.75, 3.05) is 25.5 Å². The number of likely N-dealkylation sites (N-methyl/N-ethyl adjacent to an activating group) is 1. The molecule has 0 spiro atoms. The summed E-state index contributed by atoms with van der Waals surface area (Å²) in [5.74, 6) is 1.56. The molecular weight excluding hydrogens is 306 g/mol. The second kappa shape index (κ2) is 7.35. The average molecular weight is 327 g/mol. The van der Waals surface area contributed by atoms with Gasteiger partial charge in [0.05, 0.1) is 0 Å². The molecule has 1 aliphatic rings. The molecule has 0 saturated heterocycles. The topological polar surface area (TPSA) is 84.2 Å². The molecular formula is C17H21N5O2.